The van der Waals surface area contributed by atoms with Crippen molar-refractivity contribution in [3.8, 4) is 0 Å². The second kappa shape index (κ2) is 7.76. The minimum absolute atomic E-state index is 0.162. The van der Waals surface area contributed by atoms with Gasteiger partial charge in [-0.15, -0.1) is 5.06 Å². The van der Waals surface area contributed by atoms with E-state index in [9.17, 15) is 9.59 Å². The highest BCUT2D eigenvalue weighted by Crippen LogP contribution is 2.36. The molecule has 1 aromatic rings. The standard InChI is InChI=1S/C20H29NO4Si/c1-15(12-14-25-26(5,6)20(2,3)4)11-13-24-21-18(22)16-9-7-8-10-17(16)19(21)23/h7-10,12,14-15H,11,13H2,1-6H3/b14-12-. The molecule has 2 rings (SSSR count). The first kappa shape index (κ1) is 20.4. The first-order valence-corrected chi connectivity index (χ1v) is 11.9. The maximum atomic E-state index is 12.2. The fourth-order valence-corrected chi connectivity index (χ4v) is 3.00. The van der Waals surface area contributed by atoms with Gasteiger partial charge in [0.25, 0.3) is 11.8 Å². The molecule has 0 N–H and O–H groups in total. The van der Waals surface area contributed by atoms with Crippen LogP contribution < -0.4 is 0 Å². The second-order valence-electron chi connectivity index (χ2n) is 8.26. The van der Waals surface area contributed by atoms with E-state index in [1.54, 1.807) is 30.5 Å². The van der Waals surface area contributed by atoms with Gasteiger partial charge in [-0.2, -0.15) is 0 Å². The highest BCUT2D eigenvalue weighted by Gasteiger charge is 2.38. The molecule has 0 spiro atoms. The Kier molecular flexibility index (Phi) is 6.08. The Hall–Kier alpha value is -1.92. The minimum Gasteiger partial charge on any atom is -0.549 e. The molecule has 0 aromatic heterocycles. The summed E-state index contributed by atoms with van der Waals surface area (Å²) in [6, 6.07) is 6.76. The summed E-state index contributed by atoms with van der Waals surface area (Å²) >= 11 is 0. The average Bonchev–Trinajstić information content (AvgIpc) is 2.79. The number of carbonyl (C=O) groups excluding carboxylic acids is 2. The number of allylic oxidation sites excluding steroid dienone is 1. The van der Waals surface area contributed by atoms with E-state index in [0.717, 1.165) is 5.06 Å². The fourth-order valence-electron chi connectivity index (χ4n) is 2.23. The van der Waals surface area contributed by atoms with E-state index in [1.165, 1.54) is 0 Å². The number of carbonyl (C=O) groups is 2. The number of nitrogens with zero attached hydrogens (tertiary/aromatic N) is 1. The summed E-state index contributed by atoms with van der Waals surface area (Å²) in [4.78, 5) is 29.9. The molecule has 0 aliphatic carbocycles. The van der Waals surface area contributed by atoms with Gasteiger partial charge in [0, 0.05) is 0 Å². The van der Waals surface area contributed by atoms with Gasteiger partial charge in [0.05, 0.1) is 24.0 Å². The van der Waals surface area contributed by atoms with Crippen LogP contribution in [0.25, 0.3) is 0 Å². The lowest BCUT2D eigenvalue weighted by Gasteiger charge is -2.35. The second-order valence-corrected chi connectivity index (χ2v) is 13.0. The molecule has 1 aromatic carbocycles. The molecule has 26 heavy (non-hydrogen) atoms. The Bertz CT molecular complexity index is 671. The molecule has 1 aliphatic heterocycles. The molecular formula is C20H29NO4Si. The van der Waals surface area contributed by atoms with Crippen LogP contribution >= 0.6 is 0 Å². The molecule has 1 atom stereocenters. The number of imide groups is 1. The lowest BCUT2D eigenvalue weighted by Crippen LogP contribution is -2.39. The molecule has 6 heteroatoms. The van der Waals surface area contributed by atoms with Gasteiger partial charge < -0.3 is 4.43 Å². The van der Waals surface area contributed by atoms with Crippen LogP contribution in [0.15, 0.2) is 36.6 Å². The van der Waals surface area contributed by atoms with Crippen LogP contribution in [0, 0.1) is 5.92 Å². The molecule has 0 saturated carbocycles. The molecule has 0 saturated heterocycles. The average molecular weight is 376 g/mol. The van der Waals surface area contributed by atoms with Crippen molar-refractivity contribution in [1.82, 2.24) is 5.06 Å². The van der Waals surface area contributed by atoms with Crippen LogP contribution in [0.3, 0.4) is 0 Å². The van der Waals surface area contributed by atoms with Crippen molar-refractivity contribution in [3.63, 3.8) is 0 Å². The summed E-state index contributed by atoms with van der Waals surface area (Å²) < 4.78 is 6.02. The van der Waals surface area contributed by atoms with Crippen molar-refractivity contribution >= 4 is 20.1 Å². The Morgan fingerprint density at radius 1 is 1.12 bits per heavy atom. The third-order valence-corrected chi connectivity index (χ3v) is 9.46. The van der Waals surface area contributed by atoms with E-state index in [2.05, 4.69) is 40.8 Å². The fraction of sp³-hybridized carbons (Fsp3) is 0.500. The zero-order chi connectivity index (χ0) is 19.5. The van der Waals surface area contributed by atoms with E-state index in [1.807, 2.05) is 6.08 Å². The van der Waals surface area contributed by atoms with Crippen LogP contribution in [0.2, 0.25) is 18.1 Å². The number of hydrogen-bond donors (Lipinski definition) is 0. The smallest absolute Gasteiger partial charge is 0.285 e. The van der Waals surface area contributed by atoms with Crippen molar-refractivity contribution in [1.29, 1.82) is 0 Å². The predicted octanol–water partition coefficient (Wildman–Crippen LogP) is 4.78. The third-order valence-electron chi connectivity index (χ3n) is 5.13. The minimum atomic E-state index is -1.79. The first-order chi connectivity index (χ1) is 12.0. The van der Waals surface area contributed by atoms with Gasteiger partial charge in [0.15, 0.2) is 0 Å². The lowest BCUT2D eigenvalue weighted by atomic mass is 10.1. The van der Waals surface area contributed by atoms with E-state index in [0.29, 0.717) is 17.5 Å². The summed E-state index contributed by atoms with van der Waals surface area (Å²) in [5.74, 6) is -0.569. The number of hydroxylamine groups is 2. The van der Waals surface area contributed by atoms with Crippen LogP contribution in [0.1, 0.15) is 54.8 Å². The van der Waals surface area contributed by atoms with Crippen molar-refractivity contribution in [2.24, 2.45) is 5.92 Å². The van der Waals surface area contributed by atoms with Gasteiger partial charge in [0.2, 0.25) is 8.32 Å². The molecule has 1 unspecified atom stereocenters. The molecule has 1 heterocycles. The Morgan fingerprint density at radius 3 is 2.15 bits per heavy atom. The molecular weight excluding hydrogens is 346 g/mol. The number of benzene rings is 1. The van der Waals surface area contributed by atoms with E-state index in [4.69, 9.17) is 9.26 Å². The predicted molar refractivity (Wildman–Crippen MR) is 104 cm³/mol. The number of fused-ring (bicyclic) bond motifs is 1. The Morgan fingerprint density at radius 2 is 1.65 bits per heavy atom. The van der Waals surface area contributed by atoms with Crippen LogP contribution in [-0.2, 0) is 9.26 Å². The zero-order valence-corrected chi connectivity index (χ0v) is 17.5. The molecule has 0 bridgehead atoms. The van der Waals surface area contributed by atoms with Gasteiger partial charge in [-0.05, 0) is 48.7 Å². The summed E-state index contributed by atoms with van der Waals surface area (Å²) in [7, 11) is -1.79. The van der Waals surface area contributed by atoms with E-state index < -0.39 is 20.1 Å². The molecule has 5 nitrogen and oxygen atoms in total. The lowest BCUT2D eigenvalue weighted by molar-refractivity contribution is -0.0934. The van der Waals surface area contributed by atoms with Gasteiger partial charge in [-0.3, -0.25) is 14.4 Å². The van der Waals surface area contributed by atoms with E-state index in [-0.39, 0.29) is 17.6 Å². The van der Waals surface area contributed by atoms with Crippen LogP contribution in [0.4, 0.5) is 0 Å². The monoisotopic (exact) mass is 375 g/mol. The number of rotatable bonds is 7. The Balaban J connectivity index is 1.81. The summed E-state index contributed by atoms with van der Waals surface area (Å²) in [5.41, 5.74) is 0.793. The topological polar surface area (TPSA) is 55.8 Å². The third kappa shape index (κ3) is 4.43. The van der Waals surface area contributed by atoms with Gasteiger partial charge in [-0.25, -0.2) is 0 Å². The molecule has 142 valence electrons. The highest BCUT2D eigenvalue weighted by atomic mass is 28.4. The van der Waals surface area contributed by atoms with Gasteiger partial charge >= 0.3 is 0 Å². The number of amides is 2. The van der Waals surface area contributed by atoms with Crippen molar-refractivity contribution < 1.29 is 18.9 Å². The van der Waals surface area contributed by atoms with Crippen molar-refractivity contribution in [2.75, 3.05) is 6.61 Å². The molecule has 2 amide bonds. The maximum Gasteiger partial charge on any atom is 0.285 e. The largest absolute Gasteiger partial charge is 0.549 e. The summed E-state index contributed by atoms with van der Waals surface area (Å²) in [6.45, 7) is 13.3. The van der Waals surface area contributed by atoms with Crippen molar-refractivity contribution in [3.05, 3.63) is 47.7 Å². The normalized spacial score (nSPS) is 16.3. The van der Waals surface area contributed by atoms with Crippen molar-refractivity contribution in [2.45, 2.75) is 52.2 Å². The summed E-state index contributed by atoms with van der Waals surface area (Å²) in [6.07, 6.45) is 4.49. The maximum absolute atomic E-state index is 12.2. The quantitative estimate of drug-likeness (QED) is 0.391. The zero-order valence-electron chi connectivity index (χ0n) is 16.5. The molecule has 0 fully saturated rings. The van der Waals surface area contributed by atoms with E-state index >= 15 is 0 Å². The van der Waals surface area contributed by atoms with Crippen LogP contribution in [0.5, 0.6) is 0 Å². The highest BCUT2D eigenvalue weighted by molar-refractivity contribution is 6.74. The SMILES string of the molecule is CC(/C=C\O[Si](C)(C)C(C)(C)C)CCON1C(=O)c2ccccc2C1=O. The number of hydrogen-bond acceptors (Lipinski definition) is 4. The Labute approximate surface area is 157 Å². The molecule has 0 radical (unpaired) electrons. The first-order valence-electron chi connectivity index (χ1n) is 9.00. The van der Waals surface area contributed by atoms with Crippen LogP contribution in [-0.4, -0.2) is 31.8 Å². The van der Waals surface area contributed by atoms with Gasteiger partial charge in [-0.1, -0.05) is 39.8 Å². The summed E-state index contributed by atoms with van der Waals surface area (Å²) in [5, 5.41) is 1.03. The van der Waals surface area contributed by atoms with Gasteiger partial charge in [0.1, 0.15) is 0 Å². The molecule has 1 aliphatic rings.